The van der Waals surface area contributed by atoms with E-state index in [1.54, 1.807) is 36.4 Å². The van der Waals surface area contributed by atoms with Gasteiger partial charge in [-0.3, -0.25) is 4.79 Å². The Kier molecular flexibility index (Phi) is 4.57. The van der Waals surface area contributed by atoms with E-state index >= 15 is 0 Å². The number of nitrogens with one attached hydrogen (secondary N) is 1. The molecule has 124 valence electrons. The van der Waals surface area contributed by atoms with Crippen LogP contribution in [0, 0.1) is 0 Å². The Balaban J connectivity index is 1.61. The van der Waals surface area contributed by atoms with Gasteiger partial charge in [-0.2, -0.15) is 0 Å². The van der Waals surface area contributed by atoms with E-state index in [4.69, 9.17) is 25.8 Å². The van der Waals surface area contributed by atoms with Crippen molar-refractivity contribution < 1.29 is 23.8 Å². The molecule has 0 aromatic heterocycles. The van der Waals surface area contributed by atoms with Crippen molar-refractivity contribution in [2.75, 3.05) is 12.1 Å². The van der Waals surface area contributed by atoms with Crippen molar-refractivity contribution >= 4 is 29.2 Å². The summed E-state index contributed by atoms with van der Waals surface area (Å²) in [7, 11) is 0. The number of hydrogen-bond acceptors (Lipinski definition) is 5. The first-order valence-corrected chi connectivity index (χ1v) is 7.58. The maximum Gasteiger partial charge on any atom is 0.339 e. The van der Waals surface area contributed by atoms with Crippen LogP contribution in [0.4, 0.5) is 5.69 Å². The van der Waals surface area contributed by atoms with E-state index in [0.29, 0.717) is 22.2 Å². The third-order valence-electron chi connectivity index (χ3n) is 3.37. The zero-order valence-electron chi connectivity index (χ0n) is 12.7. The average molecular weight is 348 g/mol. The van der Waals surface area contributed by atoms with Crippen molar-refractivity contribution in [1.82, 2.24) is 0 Å². The number of carbonyl (C=O) groups excluding carboxylic acids is 2. The number of halogens is 1. The number of rotatable bonds is 4. The summed E-state index contributed by atoms with van der Waals surface area (Å²) < 4.78 is 15.6. The van der Waals surface area contributed by atoms with Gasteiger partial charge in [-0.05, 0) is 49.4 Å². The molecule has 0 radical (unpaired) electrons. The highest BCUT2D eigenvalue weighted by Crippen LogP contribution is 2.32. The van der Waals surface area contributed by atoms with E-state index in [9.17, 15) is 9.59 Å². The number of esters is 1. The summed E-state index contributed by atoms with van der Waals surface area (Å²) in [4.78, 5) is 24.2. The Morgan fingerprint density at radius 2 is 1.83 bits per heavy atom. The van der Waals surface area contributed by atoms with Crippen molar-refractivity contribution in [2.45, 2.75) is 13.0 Å². The van der Waals surface area contributed by atoms with Crippen LogP contribution in [0.1, 0.15) is 17.3 Å². The second kappa shape index (κ2) is 6.80. The van der Waals surface area contributed by atoms with Crippen LogP contribution in [0.2, 0.25) is 5.02 Å². The van der Waals surface area contributed by atoms with Crippen LogP contribution >= 0.6 is 11.6 Å². The first-order chi connectivity index (χ1) is 11.5. The zero-order valence-corrected chi connectivity index (χ0v) is 13.5. The number of carbonyl (C=O) groups is 2. The number of ether oxygens (including phenoxy) is 3. The molecule has 0 saturated heterocycles. The lowest BCUT2D eigenvalue weighted by molar-refractivity contribution is -0.123. The molecule has 0 spiro atoms. The van der Waals surface area contributed by atoms with E-state index in [-0.39, 0.29) is 12.4 Å². The van der Waals surface area contributed by atoms with Crippen LogP contribution in [0.15, 0.2) is 42.5 Å². The van der Waals surface area contributed by atoms with Gasteiger partial charge >= 0.3 is 5.97 Å². The molecule has 7 heteroatoms. The van der Waals surface area contributed by atoms with Gasteiger partial charge in [0.05, 0.1) is 5.56 Å². The molecule has 0 aliphatic carbocycles. The quantitative estimate of drug-likeness (QED) is 0.859. The fraction of sp³-hybridized carbons (Fsp3) is 0.176. The zero-order chi connectivity index (χ0) is 17.1. The lowest BCUT2D eigenvalue weighted by Crippen LogP contribution is -2.29. The smallest absolute Gasteiger partial charge is 0.339 e. The molecule has 3 rings (SSSR count). The molecule has 0 bridgehead atoms. The lowest BCUT2D eigenvalue weighted by atomic mass is 10.2. The van der Waals surface area contributed by atoms with Crippen LogP contribution in [0.5, 0.6) is 11.5 Å². The fourth-order valence-corrected chi connectivity index (χ4v) is 2.21. The molecule has 24 heavy (non-hydrogen) atoms. The molecule has 0 unspecified atom stereocenters. The second-order valence-corrected chi connectivity index (χ2v) is 5.55. The molecule has 0 saturated carbocycles. The maximum absolute atomic E-state index is 12.1. The molecular formula is C17H14ClNO5. The standard InChI is InChI=1S/C17H14ClNO5/c1-10(16(20)19-13-5-3-12(18)4-6-13)24-17(21)11-2-7-14-15(8-11)23-9-22-14/h2-8,10H,9H2,1H3,(H,19,20)/t10-/m0/s1. The Morgan fingerprint density at radius 1 is 1.12 bits per heavy atom. The summed E-state index contributed by atoms with van der Waals surface area (Å²) in [5.74, 6) is -0.0127. The highest BCUT2D eigenvalue weighted by atomic mass is 35.5. The van der Waals surface area contributed by atoms with Crippen LogP contribution in [-0.2, 0) is 9.53 Å². The highest BCUT2D eigenvalue weighted by molar-refractivity contribution is 6.30. The summed E-state index contributed by atoms with van der Waals surface area (Å²) in [6.45, 7) is 1.61. The first kappa shape index (κ1) is 16.1. The SMILES string of the molecule is C[C@H](OC(=O)c1ccc2c(c1)OCO2)C(=O)Nc1ccc(Cl)cc1. The molecule has 1 N–H and O–H groups in total. The van der Waals surface area contributed by atoms with E-state index in [0.717, 1.165) is 0 Å². The molecule has 0 fully saturated rings. The van der Waals surface area contributed by atoms with Crippen molar-refractivity contribution in [3.05, 3.63) is 53.1 Å². The van der Waals surface area contributed by atoms with Crippen LogP contribution in [0.3, 0.4) is 0 Å². The normalized spacial score (nSPS) is 13.2. The van der Waals surface area contributed by atoms with E-state index in [1.807, 2.05) is 0 Å². The van der Waals surface area contributed by atoms with Gasteiger partial charge in [0.1, 0.15) is 0 Å². The summed E-state index contributed by atoms with van der Waals surface area (Å²) in [6, 6.07) is 11.3. The number of benzene rings is 2. The molecule has 1 amide bonds. The van der Waals surface area contributed by atoms with Gasteiger partial charge in [0.15, 0.2) is 17.6 Å². The first-order valence-electron chi connectivity index (χ1n) is 7.20. The molecule has 2 aromatic carbocycles. The maximum atomic E-state index is 12.1. The average Bonchev–Trinajstić information content (AvgIpc) is 3.04. The topological polar surface area (TPSA) is 73.9 Å². The Labute approximate surface area is 143 Å². The fourth-order valence-electron chi connectivity index (χ4n) is 2.08. The Bertz CT molecular complexity index is 775. The van der Waals surface area contributed by atoms with Gasteiger partial charge in [-0.15, -0.1) is 0 Å². The van der Waals surface area contributed by atoms with Crippen LogP contribution in [-0.4, -0.2) is 24.8 Å². The van der Waals surface area contributed by atoms with Gasteiger partial charge in [0.2, 0.25) is 6.79 Å². The number of hydrogen-bond donors (Lipinski definition) is 1. The number of anilines is 1. The minimum Gasteiger partial charge on any atom is -0.454 e. The molecule has 6 nitrogen and oxygen atoms in total. The monoisotopic (exact) mass is 347 g/mol. The van der Waals surface area contributed by atoms with Crippen molar-refractivity contribution in [3.8, 4) is 11.5 Å². The lowest BCUT2D eigenvalue weighted by Gasteiger charge is -2.13. The van der Waals surface area contributed by atoms with Crippen LogP contribution < -0.4 is 14.8 Å². The third kappa shape index (κ3) is 3.60. The van der Waals surface area contributed by atoms with Crippen molar-refractivity contribution in [2.24, 2.45) is 0 Å². The molecule has 1 aliphatic rings. The Hall–Kier alpha value is -2.73. The summed E-state index contributed by atoms with van der Waals surface area (Å²) in [6.07, 6.45) is -0.960. The summed E-state index contributed by atoms with van der Waals surface area (Å²) in [5.41, 5.74) is 0.848. The molecule has 1 aliphatic heterocycles. The predicted molar refractivity (Wildman–Crippen MR) is 87.5 cm³/mol. The molecular weight excluding hydrogens is 334 g/mol. The van der Waals surface area contributed by atoms with Gasteiger partial charge in [-0.1, -0.05) is 11.6 Å². The molecule has 1 atom stereocenters. The van der Waals surface area contributed by atoms with E-state index in [2.05, 4.69) is 5.32 Å². The highest BCUT2D eigenvalue weighted by Gasteiger charge is 2.21. The van der Waals surface area contributed by atoms with Gasteiger partial charge < -0.3 is 19.5 Å². The van der Waals surface area contributed by atoms with E-state index < -0.39 is 18.0 Å². The molecule has 2 aromatic rings. The molecule has 1 heterocycles. The second-order valence-electron chi connectivity index (χ2n) is 5.11. The largest absolute Gasteiger partial charge is 0.454 e. The number of amides is 1. The van der Waals surface area contributed by atoms with Crippen molar-refractivity contribution in [3.63, 3.8) is 0 Å². The van der Waals surface area contributed by atoms with E-state index in [1.165, 1.54) is 13.0 Å². The summed E-state index contributed by atoms with van der Waals surface area (Å²) >= 11 is 5.79. The predicted octanol–water partition coefficient (Wildman–Crippen LogP) is 3.25. The van der Waals surface area contributed by atoms with Gasteiger partial charge in [0, 0.05) is 10.7 Å². The number of fused-ring (bicyclic) bond motifs is 1. The van der Waals surface area contributed by atoms with Gasteiger partial charge in [0.25, 0.3) is 5.91 Å². The summed E-state index contributed by atoms with van der Waals surface area (Å²) in [5, 5.41) is 3.21. The third-order valence-corrected chi connectivity index (χ3v) is 3.63. The van der Waals surface area contributed by atoms with Crippen molar-refractivity contribution in [1.29, 1.82) is 0 Å². The van der Waals surface area contributed by atoms with Gasteiger partial charge in [-0.25, -0.2) is 4.79 Å². The Morgan fingerprint density at radius 3 is 2.58 bits per heavy atom. The van der Waals surface area contributed by atoms with Crippen LogP contribution in [0.25, 0.3) is 0 Å². The minimum absolute atomic E-state index is 0.119. The minimum atomic E-state index is -0.960.